The fourth-order valence-electron chi connectivity index (χ4n) is 1.56. The minimum absolute atomic E-state index is 0.235. The summed E-state index contributed by atoms with van der Waals surface area (Å²) < 4.78 is 4.61. The van der Waals surface area contributed by atoms with Gasteiger partial charge in [0.05, 0.1) is 18.2 Å². The average molecular weight is 258 g/mol. The first-order valence-corrected chi connectivity index (χ1v) is 5.39. The molecule has 2 aromatic rings. The number of H-pyrrole nitrogens is 1. The lowest BCUT2D eigenvalue weighted by molar-refractivity contribution is -0.135. The zero-order valence-electron chi connectivity index (χ0n) is 10.1. The van der Waals surface area contributed by atoms with Gasteiger partial charge in [-0.1, -0.05) is 5.92 Å². The molecule has 6 heteroatoms. The fraction of sp³-hybridized carbons (Fsp3) is 0.154. The van der Waals surface area contributed by atoms with Gasteiger partial charge >= 0.3 is 11.9 Å². The number of aromatic nitrogens is 2. The van der Waals surface area contributed by atoms with Crippen LogP contribution < -0.4 is 0 Å². The first-order valence-electron chi connectivity index (χ1n) is 5.39. The minimum Gasteiger partial charge on any atom is -0.481 e. The second kappa shape index (κ2) is 5.23. The van der Waals surface area contributed by atoms with Crippen LogP contribution in [0.4, 0.5) is 0 Å². The van der Waals surface area contributed by atoms with Gasteiger partial charge in [0.15, 0.2) is 0 Å². The highest BCUT2D eigenvalue weighted by Crippen LogP contribution is 2.17. The van der Waals surface area contributed by atoms with E-state index in [1.165, 1.54) is 7.11 Å². The molecule has 0 saturated heterocycles. The molecule has 0 aliphatic heterocycles. The first kappa shape index (κ1) is 12.6. The second-order valence-corrected chi connectivity index (χ2v) is 3.69. The van der Waals surface area contributed by atoms with Gasteiger partial charge in [-0.25, -0.2) is 4.79 Å². The van der Waals surface area contributed by atoms with Crippen molar-refractivity contribution in [3.8, 4) is 11.8 Å². The SMILES string of the molecule is COC(=O)c1ccc2c(C#CCC(=O)O)[nH]nc2c1. The van der Waals surface area contributed by atoms with Gasteiger partial charge < -0.3 is 9.84 Å². The lowest BCUT2D eigenvalue weighted by Crippen LogP contribution is -2.00. The van der Waals surface area contributed by atoms with Crippen molar-refractivity contribution in [2.75, 3.05) is 7.11 Å². The van der Waals surface area contributed by atoms with Gasteiger partial charge in [0.1, 0.15) is 12.1 Å². The Labute approximate surface area is 108 Å². The number of rotatable bonds is 2. The molecule has 0 spiro atoms. The third kappa shape index (κ3) is 2.72. The van der Waals surface area contributed by atoms with Crippen LogP contribution in [0.3, 0.4) is 0 Å². The summed E-state index contributed by atoms with van der Waals surface area (Å²) in [5, 5.41) is 15.9. The van der Waals surface area contributed by atoms with Crippen molar-refractivity contribution in [1.82, 2.24) is 10.2 Å². The Balaban J connectivity index is 2.36. The van der Waals surface area contributed by atoms with Crippen LogP contribution in [0.2, 0.25) is 0 Å². The molecule has 0 amide bonds. The molecular formula is C13H10N2O4. The van der Waals surface area contributed by atoms with Crippen LogP contribution in [0.15, 0.2) is 18.2 Å². The number of fused-ring (bicyclic) bond motifs is 1. The Hall–Kier alpha value is -2.81. The van der Waals surface area contributed by atoms with Crippen molar-refractivity contribution in [3.05, 3.63) is 29.5 Å². The maximum Gasteiger partial charge on any atom is 0.337 e. The third-order valence-electron chi connectivity index (χ3n) is 2.43. The molecule has 0 saturated carbocycles. The van der Waals surface area contributed by atoms with Crippen LogP contribution in [0.25, 0.3) is 10.9 Å². The van der Waals surface area contributed by atoms with Crippen molar-refractivity contribution in [3.63, 3.8) is 0 Å². The highest BCUT2D eigenvalue weighted by molar-refractivity contribution is 5.95. The number of ether oxygens (including phenoxy) is 1. The van der Waals surface area contributed by atoms with Crippen LogP contribution in [0.1, 0.15) is 22.5 Å². The molecule has 2 N–H and O–H groups in total. The Kier molecular flexibility index (Phi) is 3.48. The van der Waals surface area contributed by atoms with E-state index in [9.17, 15) is 9.59 Å². The first-order chi connectivity index (χ1) is 9.11. The number of carboxylic acid groups (broad SMARTS) is 1. The molecular weight excluding hydrogens is 248 g/mol. The summed E-state index contributed by atoms with van der Waals surface area (Å²) in [5.41, 5.74) is 1.49. The summed E-state index contributed by atoms with van der Waals surface area (Å²) in [5.74, 6) is 3.79. The molecule has 19 heavy (non-hydrogen) atoms. The second-order valence-electron chi connectivity index (χ2n) is 3.69. The zero-order chi connectivity index (χ0) is 13.8. The maximum atomic E-state index is 11.4. The summed E-state index contributed by atoms with van der Waals surface area (Å²) in [6.45, 7) is 0. The number of aromatic amines is 1. The van der Waals surface area contributed by atoms with Crippen molar-refractivity contribution < 1.29 is 19.4 Å². The van der Waals surface area contributed by atoms with Crippen LogP contribution in [0, 0.1) is 11.8 Å². The maximum absolute atomic E-state index is 11.4. The van der Waals surface area contributed by atoms with Gasteiger partial charge in [-0.15, -0.1) is 0 Å². The summed E-state index contributed by atoms with van der Waals surface area (Å²) in [6.07, 6.45) is -0.235. The molecule has 6 nitrogen and oxygen atoms in total. The van der Waals surface area contributed by atoms with Gasteiger partial charge in [-0.05, 0) is 24.1 Å². The molecule has 1 heterocycles. The van der Waals surface area contributed by atoms with Gasteiger partial charge in [-0.3, -0.25) is 9.89 Å². The van der Waals surface area contributed by atoms with Gasteiger partial charge in [0.25, 0.3) is 0 Å². The van der Waals surface area contributed by atoms with E-state index in [-0.39, 0.29) is 6.42 Å². The Morgan fingerprint density at radius 3 is 2.95 bits per heavy atom. The summed E-state index contributed by atoms with van der Waals surface area (Å²) in [7, 11) is 1.31. The van der Waals surface area contributed by atoms with Gasteiger partial charge in [-0.2, -0.15) is 5.10 Å². The molecule has 0 fully saturated rings. The van der Waals surface area contributed by atoms with E-state index < -0.39 is 11.9 Å². The summed E-state index contributed by atoms with van der Waals surface area (Å²) in [4.78, 5) is 21.7. The Bertz CT molecular complexity index is 706. The molecule has 2 rings (SSSR count). The molecule has 0 unspecified atom stereocenters. The summed E-state index contributed by atoms with van der Waals surface area (Å²) >= 11 is 0. The summed E-state index contributed by atoms with van der Waals surface area (Å²) in [6, 6.07) is 4.88. The highest BCUT2D eigenvalue weighted by atomic mass is 16.5. The van der Waals surface area contributed by atoms with Crippen LogP contribution in [0.5, 0.6) is 0 Å². The lowest BCUT2D eigenvalue weighted by Gasteiger charge is -1.97. The van der Waals surface area contributed by atoms with E-state index in [0.717, 1.165) is 5.39 Å². The molecule has 0 aliphatic rings. The topological polar surface area (TPSA) is 92.3 Å². The molecule has 0 bridgehead atoms. The number of carbonyl (C=O) groups is 2. The minimum atomic E-state index is -0.982. The number of benzene rings is 1. The van der Waals surface area contributed by atoms with E-state index in [0.29, 0.717) is 16.8 Å². The largest absolute Gasteiger partial charge is 0.481 e. The van der Waals surface area contributed by atoms with Crippen LogP contribution in [-0.4, -0.2) is 34.4 Å². The standard InChI is InChI=1S/C13H10N2O4/c1-19-13(18)8-5-6-9-10(3-2-4-12(16)17)14-15-11(9)7-8/h5-7H,4H2,1H3,(H,14,15)(H,16,17). The van der Waals surface area contributed by atoms with Crippen LogP contribution >= 0.6 is 0 Å². The van der Waals surface area contributed by atoms with Crippen LogP contribution in [-0.2, 0) is 9.53 Å². The number of nitrogens with one attached hydrogen (secondary N) is 1. The number of carbonyl (C=O) groups excluding carboxylic acids is 1. The van der Waals surface area contributed by atoms with Gasteiger partial charge in [0, 0.05) is 5.39 Å². The monoisotopic (exact) mass is 258 g/mol. The van der Waals surface area contributed by atoms with E-state index in [4.69, 9.17) is 5.11 Å². The van der Waals surface area contributed by atoms with Crippen molar-refractivity contribution in [1.29, 1.82) is 0 Å². The van der Waals surface area contributed by atoms with E-state index >= 15 is 0 Å². The predicted octanol–water partition coefficient (Wildman–Crippen LogP) is 1.18. The predicted molar refractivity (Wildman–Crippen MR) is 66.6 cm³/mol. The molecule has 0 atom stereocenters. The smallest absolute Gasteiger partial charge is 0.337 e. The lowest BCUT2D eigenvalue weighted by atomic mass is 10.1. The van der Waals surface area contributed by atoms with Crippen molar-refractivity contribution in [2.45, 2.75) is 6.42 Å². The number of hydrogen-bond acceptors (Lipinski definition) is 4. The van der Waals surface area contributed by atoms with E-state index in [2.05, 4.69) is 26.8 Å². The third-order valence-corrected chi connectivity index (χ3v) is 2.43. The molecule has 1 aromatic heterocycles. The number of methoxy groups -OCH3 is 1. The quantitative estimate of drug-likeness (QED) is 0.623. The average Bonchev–Trinajstić information content (AvgIpc) is 2.80. The number of carboxylic acids is 1. The molecule has 96 valence electrons. The molecule has 1 aromatic carbocycles. The number of aliphatic carboxylic acids is 1. The fourth-order valence-corrected chi connectivity index (χ4v) is 1.56. The van der Waals surface area contributed by atoms with Crippen molar-refractivity contribution in [2.24, 2.45) is 0 Å². The normalized spacial score (nSPS) is 9.74. The highest BCUT2D eigenvalue weighted by Gasteiger charge is 2.09. The molecule has 0 radical (unpaired) electrons. The Morgan fingerprint density at radius 2 is 2.26 bits per heavy atom. The molecule has 0 aliphatic carbocycles. The van der Waals surface area contributed by atoms with E-state index in [1.807, 2.05) is 0 Å². The number of esters is 1. The number of nitrogens with zero attached hydrogens (tertiary/aromatic N) is 1. The number of hydrogen-bond donors (Lipinski definition) is 2. The Morgan fingerprint density at radius 1 is 1.47 bits per heavy atom. The van der Waals surface area contributed by atoms with Gasteiger partial charge in [0.2, 0.25) is 0 Å². The van der Waals surface area contributed by atoms with E-state index in [1.54, 1.807) is 18.2 Å². The zero-order valence-corrected chi connectivity index (χ0v) is 10.1. The van der Waals surface area contributed by atoms with Crippen molar-refractivity contribution >= 4 is 22.8 Å².